The van der Waals surface area contributed by atoms with Gasteiger partial charge in [-0.15, -0.1) is 0 Å². The van der Waals surface area contributed by atoms with Gasteiger partial charge >= 0.3 is 5.97 Å². The molecule has 1 aliphatic carbocycles. The van der Waals surface area contributed by atoms with Gasteiger partial charge in [-0.05, 0) is 50.3 Å². The van der Waals surface area contributed by atoms with Crippen molar-refractivity contribution < 1.29 is 14.6 Å². The van der Waals surface area contributed by atoms with Gasteiger partial charge in [0.2, 0.25) is 0 Å². The third-order valence-corrected chi connectivity index (χ3v) is 4.12. The second kappa shape index (κ2) is 7.05. The van der Waals surface area contributed by atoms with E-state index in [1.165, 1.54) is 11.1 Å². The second-order valence-electron chi connectivity index (χ2n) is 5.95. The van der Waals surface area contributed by atoms with Crippen LogP contribution in [-0.2, 0) is 16.0 Å². The Kier molecular flexibility index (Phi) is 5.37. The summed E-state index contributed by atoms with van der Waals surface area (Å²) in [7, 11) is 0. The number of benzene rings is 1. The lowest BCUT2D eigenvalue weighted by atomic mass is 9.89. The fraction of sp³-hybridized carbons (Fsp3) is 0.588. The number of carbonyl (C=O) groups is 1. The average Bonchev–Trinajstić information content (AvgIpc) is 2.50. The molecule has 0 spiro atoms. The summed E-state index contributed by atoms with van der Waals surface area (Å²) in [5.41, 5.74) is 1.52. The van der Waals surface area contributed by atoms with E-state index in [9.17, 15) is 9.90 Å². The maximum atomic E-state index is 11.5. The Morgan fingerprint density at radius 3 is 2.95 bits per heavy atom. The number of fused-ring (bicyclic) bond motifs is 1. The highest BCUT2D eigenvalue weighted by atomic mass is 16.5. The van der Waals surface area contributed by atoms with Crippen molar-refractivity contribution in [2.75, 3.05) is 13.2 Å². The molecule has 2 N–H and O–H groups in total. The summed E-state index contributed by atoms with van der Waals surface area (Å²) in [6.07, 6.45) is 4.04. The third-order valence-electron chi connectivity index (χ3n) is 4.12. The van der Waals surface area contributed by atoms with Gasteiger partial charge in [-0.1, -0.05) is 31.2 Å². The summed E-state index contributed by atoms with van der Waals surface area (Å²) < 4.78 is 5.99. The van der Waals surface area contributed by atoms with E-state index >= 15 is 0 Å². The molecule has 0 bridgehead atoms. The van der Waals surface area contributed by atoms with Gasteiger partial charge < -0.3 is 15.2 Å². The van der Waals surface area contributed by atoms with Crippen molar-refractivity contribution in [2.45, 2.75) is 51.2 Å². The molecule has 1 aromatic rings. The first-order chi connectivity index (χ1) is 10.1. The summed E-state index contributed by atoms with van der Waals surface area (Å²) in [6, 6.07) is 8.30. The van der Waals surface area contributed by atoms with Crippen molar-refractivity contribution in [1.29, 1.82) is 0 Å². The number of hydrogen-bond donors (Lipinski definition) is 2. The van der Waals surface area contributed by atoms with E-state index in [4.69, 9.17) is 4.74 Å². The van der Waals surface area contributed by atoms with E-state index < -0.39 is 11.5 Å². The molecule has 1 aliphatic rings. The van der Waals surface area contributed by atoms with Crippen LogP contribution in [0.2, 0.25) is 0 Å². The largest absolute Gasteiger partial charge is 0.480 e. The SMILES string of the molecule is CCCNC(C)(COC1CCCc2ccccc21)C(=O)O. The predicted molar refractivity (Wildman–Crippen MR) is 82.4 cm³/mol. The van der Waals surface area contributed by atoms with E-state index in [0.717, 1.165) is 25.7 Å². The molecule has 4 heteroatoms. The monoisotopic (exact) mass is 291 g/mol. The smallest absolute Gasteiger partial charge is 0.326 e. The lowest BCUT2D eigenvalue weighted by Crippen LogP contribution is -2.53. The third kappa shape index (κ3) is 3.83. The van der Waals surface area contributed by atoms with Gasteiger partial charge in [0.25, 0.3) is 0 Å². The predicted octanol–water partition coefficient (Wildman–Crippen LogP) is 2.92. The van der Waals surface area contributed by atoms with Gasteiger partial charge in [-0.2, -0.15) is 0 Å². The molecule has 0 fully saturated rings. The molecule has 2 unspecified atom stereocenters. The number of hydrogen-bond acceptors (Lipinski definition) is 3. The van der Waals surface area contributed by atoms with Crippen molar-refractivity contribution in [3.63, 3.8) is 0 Å². The lowest BCUT2D eigenvalue weighted by molar-refractivity contribution is -0.148. The van der Waals surface area contributed by atoms with Gasteiger partial charge in [-0.25, -0.2) is 0 Å². The van der Waals surface area contributed by atoms with Crippen molar-refractivity contribution in [3.8, 4) is 0 Å². The van der Waals surface area contributed by atoms with Crippen LogP contribution in [0.15, 0.2) is 24.3 Å². The maximum absolute atomic E-state index is 11.5. The highest BCUT2D eigenvalue weighted by Crippen LogP contribution is 2.32. The number of carboxylic acid groups (broad SMARTS) is 1. The first kappa shape index (κ1) is 16.0. The van der Waals surface area contributed by atoms with Gasteiger partial charge in [0.1, 0.15) is 5.54 Å². The van der Waals surface area contributed by atoms with E-state index in [-0.39, 0.29) is 12.7 Å². The van der Waals surface area contributed by atoms with Crippen LogP contribution in [0.25, 0.3) is 0 Å². The van der Waals surface area contributed by atoms with Crippen molar-refractivity contribution in [1.82, 2.24) is 5.32 Å². The minimum Gasteiger partial charge on any atom is -0.480 e. The van der Waals surface area contributed by atoms with Crippen molar-refractivity contribution in [3.05, 3.63) is 35.4 Å². The summed E-state index contributed by atoms with van der Waals surface area (Å²) in [6.45, 7) is 4.57. The number of ether oxygens (including phenoxy) is 1. The number of nitrogens with one attached hydrogen (secondary N) is 1. The van der Waals surface area contributed by atoms with Crippen LogP contribution in [0.5, 0.6) is 0 Å². The topological polar surface area (TPSA) is 58.6 Å². The van der Waals surface area contributed by atoms with Crippen molar-refractivity contribution >= 4 is 5.97 Å². The molecule has 1 aromatic carbocycles. The Hall–Kier alpha value is -1.39. The minimum absolute atomic E-state index is 0.0112. The molecular formula is C17H25NO3. The van der Waals surface area contributed by atoms with Gasteiger partial charge in [0.05, 0.1) is 12.7 Å². The number of carboxylic acids is 1. The van der Waals surface area contributed by atoms with E-state index in [0.29, 0.717) is 6.54 Å². The fourth-order valence-electron chi connectivity index (χ4n) is 2.74. The van der Waals surface area contributed by atoms with Crippen molar-refractivity contribution in [2.24, 2.45) is 0 Å². The molecule has 0 aliphatic heterocycles. The van der Waals surface area contributed by atoms with Crippen LogP contribution in [0.4, 0.5) is 0 Å². The standard InChI is InChI=1S/C17H25NO3/c1-3-11-18-17(2,16(19)20)12-21-15-10-6-8-13-7-4-5-9-14(13)15/h4-5,7,9,15,18H,3,6,8,10-12H2,1-2H3,(H,19,20). The molecular weight excluding hydrogens is 266 g/mol. The summed E-state index contributed by atoms with van der Waals surface area (Å²) >= 11 is 0. The van der Waals surface area contributed by atoms with E-state index in [1.54, 1.807) is 6.92 Å². The molecule has 4 nitrogen and oxygen atoms in total. The maximum Gasteiger partial charge on any atom is 0.326 e. The average molecular weight is 291 g/mol. The normalized spacial score (nSPS) is 20.6. The van der Waals surface area contributed by atoms with Crippen LogP contribution in [0.1, 0.15) is 50.3 Å². The molecule has 116 valence electrons. The number of aryl methyl sites for hydroxylation is 1. The molecule has 2 rings (SSSR count). The van der Waals surface area contributed by atoms with Gasteiger partial charge in [0, 0.05) is 0 Å². The Labute approximate surface area is 126 Å². The van der Waals surface area contributed by atoms with E-state index in [2.05, 4.69) is 17.4 Å². The minimum atomic E-state index is -1.03. The highest BCUT2D eigenvalue weighted by molar-refractivity contribution is 5.78. The molecule has 0 amide bonds. The zero-order chi connectivity index (χ0) is 15.3. The molecule has 0 aromatic heterocycles. The zero-order valence-electron chi connectivity index (χ0n) is 12.9. The van der Waals surface area contributed by atoms with Crippen LogP contribution in [-0.4, -0.2) is 29.8 Å². The zero-order valence-corrected chi connectivity index (χ0v) is 12.9. The summed E-state index contributed by atoms with van der Waals surface area (Å²) in [5.74, 6) is -0.861. The number of rotatable bonds is 7. The summed E-state index contributed by atoms with van der Waals surface area (Å²) in [4.78, 5) is 11.5. The van der Waals surface area contributed by atoms with Crippen LogP contribution in [0.3, 0.4) is 0 Å². The molecule has 21 heavy (non-hydrogen) atoms. The molecule has 0 saturated carbocycles. The Bertz CT molecular complexity index is 489. The molecule has 0 saturated heterocycles. The fourth-order valence-corrected chi connectivity index (χ4v) is 2.74. The second-order valence-corrected chi connectivity index (χ2v) is 5.95. The number of aliphatic carboxylic acids is 1. The van der Waals surface area contributed by atoms with Crippen LogP contribution in [0, 0.1) is 0 Å². The Morgan fingerprint density at radius 2 is 2.24 bits per heavy atom. The first-order valence-electron chi connectivity index (χ1n) is 7.74. The molecule has 0 radical (unpaired) electrons. The highest BCUT2D eigenvalue weighted by Gasteiger charge is 2.34. The Morgan fingerprint density at radius 1 is 1.48 bits per heavy atom. The van der Waals surface area contributed by atoms with E-state index in [1.807, 2.05) is 19.1 Å². The van der Waals surface area contributed by atoms with Gasteiger partial charge in [0.15, 0.2) is 0 Å². The summed E-state index contributed by atoms with van der Waals surface area (Å²) in [5, 5.41) is 12.5. The lowest BCUT2D eigenvalue weighted by Gasteiger charge is -2.31. The van der Waals surface area contributed by atoms with Crippen LogP contribution < -0.4 is 5.32 Å². The quantitative estimate of drug-likeness (QED) is 0.811. The van der Waals surface area contributed by atoms with Crippen LogP contribution >= 0.6 is 0 Å². The first-order valence-corrected chi connectivity index (χ1v) is 7.74. The van der Waals surface area contributed by atoms with Gasteiger partial charge in [-0.3, -0.25) is 4.79 Å². The Balaban J connectivity index is 2.03. The molecule has 2 atom stereocenters. The molecule has 0 heterocycles.